The maximum absolute atomic E-state index is 13.7. The van der Waals surface area contributed by atoms with Gasteiger partial charge in [-0.25, -0.2) is 9.07 Å². The number of aryl methyl sites for hydroxylation is 1. The van der Waals surface area contributed by atoms with Gasteiger partial charge in [0.25, 0.3) is 0 Å². The molecule has 1 aromatic heterocycles. The van der Waals surface area contributed by atoms with Crippen molar-refractivity contribution in [1.29, 1.82) is 0 Å². The molecule has 0 aliphatic heterocycles. The lowest BCUT2D eigenvalue weighted by Gasteiger charge is -2.53. The Morgan fingerprint density at radius 3 is 2.38 bits per heavy atom. The number of fused-ring (bicyclic) bond motifs is 3. The number of hydrogen-bond acceptors (Lipinski definition) is 4. The molecule has 7 heteroatoms. The number of aromatic nitrogens is 2. The standard InChI is InChI=1S/C35H44ClFN4O/c1-5-7-31(38-22-27-10-11-30(37)29(36)21-27)24(2)20-32(41-25(3)12-19-40-41)33(28-8-6-9-28)39-23-34-13-16-35(17-14-34,18-15-34)26(4)42/h7,10-12,19-21,38-39,42H,2,4-6,8-9,13-18,22-23H2,1,3H3/b31-7-,32-20-. The minimum absolute atomic E-state index is 0.0692. The second kappa shape index (κ2) is 12.5. The summed E-state index contributed by atoms with van der Waals surface area (Å²) in [6.07, 6.45) is 16.7. The van der Waals surface area contributed by atoms with Crippen LogP contribution in [0.1, 0.15) is 82.4 Å². The average molecular weight is 591 g/mol. The molecule has 4 aliphatic carbocycles. The highest BCUT2D eigenvalue weighted by atomic mass is 35.5. The molecule has 3 N–H and O–H groups in total. The Labute approximate surface area is 254 Å². The third kappa shape index (κ3) is 6.24. The van der Waals surface area contributed by atoms with Crippen molar-refractivity contribution in [2.24, 2.45) is 10.8 Å². The van der Waals surface area contributed by atoms with E-state index in [0.29, 0.717) is 12.3 Å². The van der Waals surface area contributed by atoms with Crippen molar-refractivity contribution in [3.8, 4) is 0 Å². The molecule has 0 spiro atoms. The number of hydrogen-bond donors (Lipinski definition) is 3. The molecule has 2 bridgehead atoms. The van der Waals surface area contributed by atoms with Gasteiger partial charge < -0.3 is 15.7 Å². The molecule has 6 rings (SSSR count). The highest BCUT2D eigenvalue weighted by Crippen LogP contribution is 2.59. The predicted octanol–water partition coefficient (Wildman–Crippen LogP) is 8.90. The normalized spacial score (nSPS) is 23.9. The van der Waals surface area contributed by atoms with E-state index in [1.807, 2.05) is 16.9 Å². The summed E-state index contributed by atoms with van der Waals surface area (Å²) < 4.78 is 15.7. The highest BCUT2D eigenvalue weighted by molar-refractivity contribution is 6.30. The van der Waals surface area contributed by atoms with Gasteiger partial charge >= 0.3 is 0 Å². The van der Waals surface area contributed by atoms with Crippen molar-refractivity contribution in [3.05, 3.63) is 106 Å². The number of nitrogens with one attached hydrogen (secondary N) is 2. The quantitative estimate of drug-likeness (QED) is 0.171. The first kappa shape index (κ1) is 30.2. The zero-order chi connectivity index (χ0) is 29.9. The summed E-state index contributed by atoms with van der Waals surface area (Å²) in [6.45, 7) is 14.0. The predicted molar refractivity (Wildman–Crippen MR) is 170 cm³/mol. The first-order valence-corrected chi connectivity index (χ1v) is 15.7. The zero-order valence-electron chi connectivity index (χ0n) is 25.0. The van der Waals surface area contributed by atoms with Crippen molar-refractivity contribution in [2.75, 3.05) is 6.54 Å². The van der Waals surface area contributed by atoms with Crippen LogP contribution in [0.3, 0.4) is 0 Å². The van der Waals surface area contributed by atoms with E-state index < -0.39 is 5.82 Å². The maximum Gasteiger partial charge on any atom is 0.141 e. The van der Waals surface area contributed by atoms with Gasteiger partial charge in [-0.1, -0.05) is 43.8 Å². The number of nitrogens with zero attached hydrogens (tertiary/aromatic N) is 2. The third-order valence-electron chi connectivity index (χ3n) is 9.81. The second-order valence-corrected chi connectivity index (χ2v) is 12.9. The molecule has 0 atom stereocenters. The minimum Gasteiger partial charge on any atom is -0.512 e. The van der Waals surface area contributed by atoms with Crippen LogP contribution in [0.2, 0.25) is 5.02 Å². The van der Waals surface area contributed by atoms with E-state index in [9.17, 15) is 9.50 Å². The number of halogens is 2. The SMILES string of the molecule is C=C(/C=C(/C(NCC12CCC(C(=C)O)(CC1)CC2)=C1CCC1)n1nccc1C)/C(=C/CC)NCc1ccc(F)c(Cl)c1. The molecule has 5 nitrogen and oxygen atoms in total. The number of aliphatic hydroxyl groups is 1. The molecule has 4 saturated carbocycles. The van der Waals surface area contributed by atoms with Gasteiger partial charge in [0.05, 0.1) is 22.2 Å². The van der Waals surface area contributed by atoms with Gasteiger partial charge in [-0.05, 0) is 118 Å². The molecule has 2 aromatic rings. The van der Waals surface area contributed by atoms with Crippen LogP contribution >= 0.6 is 11.6 Å². The van der Waals surface area contributed by atoms with Crippen LogP contribution < -0.4 is 10.6 Å². The highest BCUT2D eigenvalue weighted by Gasteiger charge is 2.50. The van der Waals surface area contributed by atoms with E-state index >= 15 is 0 Å². The first-order chi connectivity index (χ1) is 20.2. The smallest absolute Gasteiger partial charge is 0.141 e. The fraction of sp³-hybridized carbons (Fsp3) is 0.457. The Hall–Kier alpha value is -3.25. The van der Waals surface area contributed by atoms with Gasteiger partial charge in [0.1, 0.15) is 5.82 Å². The van der Waals surface area contributed by atoms with Crippen molar-refractivity contribution in [2.45, 2.75) is 84.6 Å². The molecular weight excluding hydrogens is 547 g/mol. The van der Waals surface area contributed by atoms with Gasteiger partial charge in [0.2, 0.25) is 0 Å². The Balaban J connectivity index is 1.40. The van der Waals surface area contributed by atoms with Crippen molar-refractivity contribution >= 4 is 17.3 Å². The van der Waals surface area contributed by atoms with Crippen LogP contribution in [0.4, 0.5) is 4.39 Å². The Bertz CT molecular complexity index is 1420. The average Bonchev–Trinajstić information content (AvgIpc) is 3.39. The number of rotatable bonds is 12. The lowest BCUT2D eigenvalue weighted by atomic mass is 9.53. The summed E-state index contributed by atoms with van der Waals surface area (Å²) in [5, 5.41) is 22.6. The molecule has 0 radical (unpaired) electrons. The van der Waals surface area contributed by atoms with Gasteiger partial charge in [0.15, 0.2) is 0 Å². The van der Waals surface area contributed by atoms with Crippen molar-refractivity contribution < 1.29 is 9.50 Å². The lowest BCUT2D eigenvalue weighted by molar-refractivity contribution is -0.00627. The number of aliphatic hydroxyl groups excluding tert-OH is 1. The lowest BCUT2D eigenvalue weighted by Crippen LogP contribution is -2.47. The van der Waals surface area contributed by atoms with E-state index in [1.54, 1.807) is 12.1 Å². The summed E-state index contributed by atoms with van der Waals surface area (Å²) in [6, 6.07) is 6.83. The molecule has 42 heavy (non-hydrogen) atoms. The van der Waals surface area contributed by atoms with Crippen LogP contribution in [-0.2, 0) is 6.54 Å². The second-order valence-electron chi connectivity index (χ2n) is 12.5. The summed E-state index contributed by atoms with van der Waals surface area (Å²) in [5.74, 6) is -0.0365. The van der Waals surface area contributed by atoms with Gasteiger partial charge in [-0.15, -0.1) is 0 Å². The molecular formula is C35H44ClFN4O. The summed E-state index contributed by atoms with van der Waals surface area (Å²) in [4.78, 5) is 0. The van der Waals surface area contributed by atoms with Gasteiger partial charge in [0, 0.05) is 36.1 Å². The van der Waals surface area contributed by atoms with E-state index in [1.165, 1.54) is 23.8 Å². The fourth-order valence-corrected chi connectivity index (χ4v) is 6.91. The van der Waals surface area contributed by atoms with E-state index in [0.717, 1.165) is 92.6 Å². The van der Waals surface area contributed by atoms with E-state index in [4.69, 9.17) is 16.7 Å². The van der Waals surface area contributed by atoms with Gasteiger partial charge in [-0.3, -0.25) is 0 Å². The molecule has 224 valence electrons. The molecule has 0 saturated heterocycles. The van der Waals surface area contributed by atoms with Crippen LogP contribution in [0.25, 0.3) is 5.70 Å². The third-order valence-corrected chi connectivity index (χ3v) is 10.1. The zero-order valence-corrected chi connectivity index (χ0v) is 25.8. The van der Waals surface area contributed by atoms with Crippen LogP contribution in [-0.4, -0.2) is 21.4 Å². The van der Waals surface area contributed by atoms with E-state index in [2.05, 4.69) is 49.8 Å². The van der Waals surface area contributed by atoms with Crippen molar-refractivity contribution in [1.82, 2.24) is 20.4 Å². The monoisotopic (exact) mass is 590 g/mol. The van der Waals surface area contributed by atoms with Crippen molar-refractivity contribution in [3.63, 3.8) is 0 Å². The van der Waals surface area contributed by atoms with Crippen LogP contribution in [0, 0.1) is 23.6 Å². The number of benzene rings is 1. The summed E-state index contributed by atoms with van der Waals surface area (Å²) >= 11 is 6.03. The fourth-order valence-electron chi connectivity index (χ4n) is 6.71. The Morgan fingerprint density at radius 1 is 1.12 bits per heavy atom. The van der Waals surface area contributed by atoms with Crippen LogP contribution in [0.5, 0.6) is 0 Å². The molecule has 1 heterocycles. The molecule has 1 aromatic carbocycles. The van der Waals surface area contributed by atoms with Gasteiger partial charge in [-0.2, -0.15) is 5.10 Å². The first-order valence-electron chi connectivity index (χ1n) is 15.3. The summed E-state index contributed by atoms with van der Waals surface area (Å²) in [7, 11) is 0. The molecule has 0 unspecified atom stereocenters. The summed E-state index contributed by atoms with van der Waals surface area (Å²) in [5.41, 5.74) is 7.51. The van der Waals surface area contributed by atoms with E-state index in [-0.39, 0.29) is 15.9 Å². The largest absolute Gasteiger partial charge is 0.512 e. The Morgan fingerprint density at radius 2 is 1.83 bits per heavy atom. The Kier molecular flexibility index (Phi) is 9.03. The molecule has 0 amide bonds. The molecule has 4 aliphatic rings. The minimum atomic E-state index is -0.417. The number of allylic oxidation sites excluding steroid dienone is 5. The molecule has 4 fully saturated rings. The van der Waals surface area contributed by atoms with Crippen LogP contribution in [0.15, 0.2) is 84.1 Å². The maximum atomic E-state index is 13.7. The topological polar surface area (TPSA) is 62.1 Å².